The zero-order valence-corrected chi connectivity index (χ0v) is 13.7. The topological polar surface area (TPSA) is 58.6 Å². The van der Waals surface area contributed by atoms with Crippen LogP contribution in [0.4, 0.5) is 0 Å². The van der Waals surface area contributed by atoms with Crippen LogP contribution >= 0.6 is 0 Å². The molecule has 0 aromatic heterocycles. The number of para-hydroxylation sites is 1. The maximum absolute atomic E-state index is 12.5. The van der Waals surface area contributed by atoms with Gasteiger partial charge in [0.15, 0.2) is 0 Å². The van der Waals surface area contributed by atoms with E-state index in [9.17, 15) is 9.90 Å². The molecule has 4 heteroatoms. The normalized spacial score (nSPS) is 15.9. The highest BCUT2D eigenvalue weighted by atomic mass is 16.5. The molecule has 0 heterocycles. The van der Waals surface area contributed by atoms with Gasteiger partial charge in [-0.05, 0) is 31.0 Å². The Hall–Kier alpha value is -2.33. The Morgan fingerprint density at radius 3 is 2.46 bits per heavy atom. The van der Waals surface area contributed by atoms with Crippen molar-refractivity contribution >= 4 is 5.91 Å². The fourth-order valence-corrected chi connectivity index (χ4v) is 3.10. The number of carbonyl (C=O) groups excluding carboxylic acids is 1. The Morgan fingerprint density at radius 2 is 1.71 bits per heavy atom. The molecular weight excluding hydrogens is 302 g/mol. The molecule has 3 rings (SSSR count). The van der Waals surface area contributed by atoms with Crippen molar-refractivity contribution in [2.45, 2.75) is 37.9 Å². The zero-order valence-electron chi connectivity index (χ0n) is 13.7. The maximum Gasteiger partial charge on any atom is 0.251 e. The summed E-state index contributed by atoms with van der Waals surface area (Å²) in [6, 6.07) is 16.9. The molecule has 0 atom stereocenters. The minimum absolute atomic E-state index is 0.164. The lowest BCUT2D eigenvalue weighted by molar-refractivity contribution is 0.0449. The van der Waals surface area contributed by atoms with Crippen molar-refractivity contribution in [1.29, 1.82) is 0 Å². The molecule has 24 heavy (non-hydrogen) atoms. The number of amides is 1. The van der Waals surface area contributed by atoms with Crippen LogP contribution in [0.2, 0.25) is 0 Å². The number of benzene rings is 2. The summed E-state index contributed by atoms with van der Waals surface area (Å²) in [6.45, 7) is 0.636. The lowest BCUT2D eigenvalue weighted by Crippen LogP contribution is -2.41. The molecule has 0 bridgehead atoms. The van der Waals surface area contributed by atoms with Crippen LogP contribution in [0.15, 0.2) is 54.6 Å². The summed E-state index contributed by atoms with van der Waals surface area (Å²) in [5, 5.41) is 13.2. The molecule has 126 valence electrons. The molecular formula is C20H23NO3. The smallest absolute Gasteiger partial charge is 0.251 e. The van der Waals surface area contributed by atoms with E-state index in [1.165, 1.54) is 0 Å². The molecule has 2 N–H and O–H groups in total. The van der Waals surface area contributed by atoms with Gasteiger partial charge in [-0.25, -0.2) is 0 Å². The number of aliphatic hydroxyl groups is 1. The minimum atomic E-state index is -0.745. The highest BCUT2D eigenvalue weighted by molar-refractivity contribution is 5.95. The van der Waals surface area contributed by atoms with Crippen LogP contribution in [0, 0.1) is 0 Å². The number of carbonyl (C=O) groups is 1. The fraction of sp³-hybridized carbons (Fsp3) is 0.350. The maximum atomic E-state index is 12.5. The second kappa shape index (κ2) is 7.49. The number of rotatable bonds is 6. The van der Waals surface area contributed by atoms with Crippen LogP contribution in [0.3, 0.4) is 0 Å². The minimum Gasteiger partial charge on any atom is -0.489 e. The van der Waals surface area contributed by atoms with Crippen LogP contribution in [0.1, 0.15) is 41.6 Å². The molecule has 0 aliphatic heterocycles. The molecule has 1 amide bonds. The third-order valence-electron chi connectivity index (χ3n) is 4.51. The van der Waals surface area contributed by atoms with Crippen molar-refractivity contribution in [2.24, 2.45) is 0 Å². The molecule has 4 nitrogen and oxygen atoms in total. The Bertz CT molecular complexity index is 678. The zero-order chi connectivity index (χ0) is 16.8. The van der Waals surface area contributed by atoms with Crippen LogP contribution in [-0.4, -0.2) is 23.2 Å². The van der Waals surface area contributed by atoms with E-state index in [1.54, 1.807) is 6.07 Å². The molecule has 1 aliphatic rings. The molecule has 2 aromatic carbocycles. The summed E-state index contributed by atoms with van der Waals surface area (Å²) in [5.41, 5.74) is 0.679. The number of hydrogen-bond donors (Lipinski definition) is 2. The third kappa shape index (κ3) is 4.15. The average Bonchev–Trinajstić information content (AvgIpc) is 3.06. The first-order chi connectivity index (χ1) is 11.7. The van der Waals surface area contributed by atoms with Gasteiger partial charge in [0.2, 0.25) is 0 Å². The Balaban J connectivity index is 1.63. The second-order valence-corrected chi connectivity index (χ2v) is 6.37. The Morgan fingerprint density at radius 1 is 1.04 bits per heavy atom. The highest BCUT2D eigenvalue weighted by Gasteiger charge is 2.31. The van der Waals surface area contributed by atoms with Crippen molar-refractivity contribution in [3.63, 3.8) is 0 Å². The van der Waals surface area contributed by atoms with Crippen LogP contribution in [0.25, 0.3) is 0 Å². The predicted octanol–water partition coefficient (Wildman–Crippen LogP) is 3.30. The first-order valence-electron chi connectivity index (χ1n) is 8.43. The van der Waals surface area contributed by atoms with E-state index in [0.717, 1.165) is 37.0 Å². The van der Waals surface area contributed by atoms with Crippen molar-refractivity contribution in [2.75, 3.05) is 6.54 Å². The first-order valence-corrected chi connectivity index (χ1v) is 8.43. The summed E-state index contributed by atoms with van der Waals surface area (Å²) in [4.78, 5) is 12.5. The number of ether oxygens (including phenoxy) is 1. The summed E-state index contributed by atoms with van der Waals surface area (Å²) >= 11 is 0. The van der Waals surface area contributed by atoms with E-state index in [2.05, 4.69) is 5.32 Å². The molecule has 0 spiro atoms. The van der Waals surface area contributed by atoms with Gasteiger partial charge in [0, 0.05) is 17.7 Å². The second-order valence-electron chi connectivity index (χ2n) is 6.37. The van der Waals surface area contributed by atoms with Gasteiger partial charge in [-0.3, -0.25) is 4.79 Å². The van der Waals surface area contributed by atoms with Gasteiger partial charge in [-0.1, -0.05) is 49.2 Å². The molecule has 1 fully saturated rings. The van der Waals surface area contributed by atoms with E-state index >= 15 is 0 Å². The van der Waals surface area contributed by atoms with Gasteiger partial charge in [-0.15, -0.1) is 0 Å². The lowest BCUT2D eigenvalue weighted by atomic mass is 10.0. The van der Waals surface area contributed by atoms with Gasteiger partial charge in [-0.2, -0.15) is 0 Å². The largest absolute Gasteiger partial charge is 0.489 e. The van der Waals surface area contributed by atoms with Crippen molar-refractivity contribution in [1.82, 2.24) is 5.32 Å². The first kappa shape index (κ1) is 16.5. The SMILES string of the molecule is O=C(NCC1(O)CCCC1)c1ccccc1COc1ccccc1. The highest BCUT2D eigenvalue weighted by Crippen LogP contribution is 2.28. The number of nitrogens with one attached hydrogen (secondary N) is 1. The van der Waals surface area contributed by atoms with E-state index in [0.29, 0.717) is 18.7 Å². The summed E-state index contributed by atoms with van der Waals surface area (Å²) < 4.78 is 5.75. The molecule has 2 aromatic rings. The van der Waals surface area contributed by atoms with Crippen molar-refractivity contribution in [3.05, 3.63) is 65.7 Å². The summed E-state index contributed by atoms with van der Waals surface area (Å²) in [7, 11) is 0. The van der Waals surface area contributed by atoms with Crippen molar-refractivity contribution in [3.8, 4) is 5.75 Å². The lowest BCUT2D eigenvalue weighted by Gasteiger charge is -2.22. The molecule has 0 radical (unpaired) electrons. The fourth-order valence-electron chi connectivity index (χ4n) is 3.10. The number of hydrogen-bond acceptors (Lipinski definition) is 3. The van der Waals surface area contributed by atoms with Gasteiger partial charge < -0.3 is 15.2 Å². The molecule has 0 saturated heterocycles. The molecule has 1 saturated carbocycles. The van der Waals surface area contributed by atoms with Crippen LogP contribution < -0.4 is 10.1 Å². The van der Waals surface area contributed by atoms with Gasteiger partial charge in [0.25, 0.3) is 5.91 Å². The van der Waals surface area contributed by atoms with Crippen LogP contribution in [-0.2, 0) is 6.61 Å². The summed E-state index contributed by atoms with van der Waals surface area (Å²) in [6.07, 6.45) is 3.56. The van der Waals surface area contributed by atoms with Gasteiger partial charge >= 0.3 is 0 Å². The Labute approximate surface area is 142 Å². The van der Waals surface area contributed by atoms with E-state index in [1.807, 2.05) is 48.5 Å². The molecule has 1 aliphatic carbocycles. The summed E-state index contributed by atoms with van der Waals surface area (Å²) in [5.74, 6) is 0.607. The predicted molar refractivity (Wildman–Crippen MR) is 93.0 cm³/mol. The standard InChI is InChI=1S/C20H23NO3/c22-19(21-15-20(23)12-6-7-13-20)18-11-5-4-8-16(18)14-24-17-9-2-1-3-10-17/h1-5,8-11,23H,6-7,12-15H2,(H,21,22). The van der Waals surface area contributed by atoms with Crippen LogP contribution in [0.5, 0.6) is 5.75 Å². The monoisotopic (exact) mass is 325 g/mol. The van der Waals surface area contributed by atoms with E-state index < -0.39 is 5.60 Å². The quantitative estimate of drug-likeness (QED) is 0.857. The third-order valence-corrected chi connectivity index (χ3v) is 4.51. The van der Waals surface area contributed by atoms with Gasteiger partial charge in [0.1, 0.15) is 12.4 Å². The Kier molecular flexibility index (Phi) is 5.16. The average molecular weight is 325 g/mol. The van der Waals surface area contributed by atoms with Crippen molar-refractivity contribution < 1.29 is 14.6 Å². The van der Waals surface area contributed by atoms with E-state index in [4.69, 9.17) is 4.74 Å². The molecule has 0 unspecified atom stereocenters. The van der Waals surface area contributed by atoms with E-state index in [-0.39, 0.29) is 5.91 Å². The van der Waals surface area contributed by atoms with Gasteiger partial charge in [0.05, 0.1) is 5.60 Å².